The van der Waals surface area contributed by atoms with E-state index in [-0.39, 0.29) is 28.4 Å². The van der Waals surface area contributed by atoms with Crippen LogP contribution >= 0.6 is 0 Å². The normalized spacial score (nSPS) is 18.2. The maximum atomic E-state index is 13.2. The molecule has 2 aliphatic rings. The third-order valence-electron chi connectivity index (χ3n) is 10.7. The number of aliphatic hydroxyl groups excluding tert-OH is 2. The van der Waals surface area contributed by atoms with Crippen LogP contribution in [0.15, 0.2) is 161 Å². The molecule has 7 rings (SSSR count). The second-order valence-electron chi connectivity index (χ2n) is 14.1. The molecule has 53 heavy (non-hydrogen) atoms. The minimum atomic E-state index is -3.64. The molecule has 278 valence electrons. The first-order valence-electron chi connectivity index (χ1n) is 18.5. The summed E-state index contributed by atoms with van der Waals surface area (Å²) in [5.41, 5.74) is 2.59. The second kappa shape index (κ2) is 17.3. The van der Waals surface area contributed by atoms with E-state index in [1.54, 1.807) is 60.7 Å². The predicted molar refractivity (Wildman–Crippen MR) is 210 cm³/mol. The Morgan fingerprint density at radius 3 is 1.26 bits per heavy atom. The molecule has 1 heterocycles. The molecule has 5 aromatic carbocycles. The summed E-state index contributed by atoms with van der Waals surface area (Å²) >= 11 is 0. The van der Waals surface area contributed by atoms with Crippen LogP contribution in [0.25, 0.3) is 0 Å². The number of likely N-dealkylation sites (tertiary alicyclic amines) is 1. The van der Waals surface area contributed by atoms with E-state index in [0.717, 1.165) is 61.8 Å². The highest BCUT2D eigenvalue weighted by Crippen LogP contribution is 2.46. The first-order valence-corrected chi connectivity index (χ1v) is 21.8. The molecule has 3 atom stereocenters. The van der Waals surface area contributed by atoms with Gasteiger partial charge in [0.15, 0.2) is 19.7 Å². The van der Waals surface area contributed by atoms with Crippen molar-refractivity contribution in [2.24, 2.45) is 5.92 Å². The van der Waals surface area contributed by atoms with Crippen molar-refractivity contribution in [1.29, 1.82) is 0 Å². The van der Waals surface area contributed by atoms with E-state index in [4.69, 9.17) is 0 Å². The number of aliphatic hydroxyl groups is 2. The highest BCUT2D eigenvalue weighted by Gasteiger charge is 2.49. The summed E-state index contributed by atoms with van der Waals surface area (Å²) in [4.78, 5) is 2.88. The van der Waals surface area contributed by atoms with Gasteiger partial charge in [0.2, 0.25) is 0 Å². The Labute approximate surface area is 314 Å². The van der Waals surface area contributed by atoms with Gasteiger partial charge in [-0.25, -0.2) is 16.8 Å². The summed E-state index contributed by atoms with van der Waals surface area (Å²) in [5.74, 6) is -0.303. The molecular weight excluding hydrogens is 703 g/mol. The third-order valence-corrected chi connectivity index (χ3v) is 14.2. The van der Waals surface area contributed by atoms with Crippen LogP contribution in [0.5, 0.6) is 0 Å². The lowest BCUT2D eigenvalue weighted by molar-refractivity contribution is 0.0451. The smallest absolute Gasteiger partial charge is 0.180 e. The Kier molecular flexibility index (Phi) is 12.6. The molecule has 0 bridgehead atoms. The van der Waals surface area contributed by atoms with E-state index in [2.05, 4.69) is 41.3 Å². The van der Waals surface area contributed by atoms with E-state index in [1.807, 2.05) is 54.6 Å². The van der Waals surface area contributed by atoms with E-state index >= 15 is 0 Å². The summed E-state index contributed by atoms with van der Waals surface area (Å²) < 4.78 is 50.5. The molecule has 9 heteroatoms. The standard InChI is InChI=1S/C31H31NO3S.C13H18O3S/c33-30(24-36(34,35)28-20-11-4-12-21-28)29-22-13-23-32(29)31(25-14-5-1-6-15-25,26-16-7-2-8-17-26)27-18-9-3-10-19-27;14-13(11-6-4-5-7-11)10-17(15,16)12-8-2-1-3-9-12/h1-12,14-21,29-30,33H,13,22-24H2;1-3,8-9,11,13-14H,4-7,10H2/t29-,30+;13-/m10/s1. The molecular formula is C44H49NO6S2. The summed E-state index contributed by atoms with van der Waals surface area (Å²) in [6.07, 6.45) is 3.95. The molecule has 0 radical (unpaired) electrons. The van der Waals surface area contributed by atoms with Gasteiger partial charge in [-0.15, -0.1) is 0 Å². The lowest BCUT2D eigenvalue weighted by atomic mass is 9.75. The van der Waals surface area contributed by atoms with E-state index in [1.165, 1.54) is 0 Å². The molecule has 7 nitrogen and oxygen atoms in total. The Balaban J connectivity index is 0.000000236. The molecule has 0 amide bonds. The van der Waals surface area contributed by atoms with E-state index in [9.17, 15) is 27.0 Å². The Bertz CT molecular complexity index is 1980. The van der Waals surface area contributed by atoms with Crippen molar-refractivity contribution < 1.29 is 27.0 Å². The summed E-state index contributed by atoms with van der Waals surface area (Å²) in [5, 5.41) is 21.5. The number of hydrogen-bond acceptors (Lipinski definition) is 7. The number of rotatable bonds is 12. The van der Waals surface area contributed by atoms with Gasteiger partial charge in [0.25, 0.3) is 0 Å². The average Bonchev–Trinajstić information content (AvgIpc) is 3.92. The van der Waals surface area contributed by atoms with Gasteiger partial charge >= 0.3 is 0 Å². The highest BCUT2D eigenvalue weighted by atomic mass is 32.2. The number of sulfone groups is 2. The Hall–Kier alpha value is -4.12. The van der Waals surface area contributed by atoms with Gasteiger partial charge < -0.3 is 10.2 Å². The monoisotopic (exact) mass is 751 g/mol. The Morgan fingerprint density at radius 1 is 0.509 bits per heavy atom. The maximum absolute atomic E-state index is 13.2. The van der Waals surface area contributed by atoms with E-state index < -0.39 is 37.4 Å². The molecule has 2 fully saturated rings. The minimum absolute atomic E-state index is 0.151. The van der Waals surface area contributed by atoms with Gasteiger partial charge in [0.1, 0.15) is 0 Å². The predicted octanol–water partition coefficient (Wildman–Crippen LogP) is 7.29. The summed E-state index contributed by atoms with van der Waals surface area (Å²) in [6, 6.07) is 47.5. The molecule has 0 aromatic heterocycles. The molecule has 2 N–H and O–H groups in total. The van der Waals surface area contributed by atoms with Gasteiger partial charge in [0, 0.05) is 12.6 Å². The molecule has 1 saturated heterocycles. The fraction of sp³-hybridized carbons (Fsp3) is 0.318. The van der Waals surface area contributed by atoms with Crippen LogP contribution < -0.4 is 0 Å². The van der Waals surface area contributed by atoms with Crippen molar-refractivity contribution in [3.05, 3.63) is 168 Å². The van der Waals surface area contributed by atoms with Gasteiger partial charge in [-0.2, -0.15) is 0 Å². The first-order chi connectivity index (χ1) is 25.6. The second-order valence-corrected chi connectivity index (χ2v) is 18.1. The van der Waals surface area contributed by atoms with Crippen molar-refractivity contribution in [3.8, 4) is 0 Å². The Morgan fingerprint density at radius 2 is 0.868 bits per heavy atom. The van der Waals surface area contributed by atoms with Crippen molar-refractivity contribution in [3.63, 3.8) is 0 Å². The lowest BCUT2D eigenvalue weighted by Crippen LogP contribution is -2.54. The minimum Gasteiger partial charge on any atom is -0.392 e. The third kappa shape index (κ3) is 8.82. The van der Waals surface area contributed by atoms with Gasteiger partial charge in [-0.3, -0.25) is 4.90 Å². The quantitative estimate of drug-likeness (QED) is 0.129. The first kappa shape index (κ1) is 38.6. The zero-order valence-electron chi connectivity index (χ0n) is 29.9. The van der Waals surface area contributed by atoms with Crippen molar-refractivity contribution in [2.75, 3.05) is 18.1 Å². The topological polar surface area (TPSA) is 112 Å². The van der Waals surface area contributed by atoms with Crippen molar-refractivity contribution in [1.82, 2.24) is 4.90 Å². The summed E-state index contributed by atoms with van der Waals surface area (Å²) in [6.45, 7) is 0.742. The molecule has 1 saturated carbocycles. The lowest BCUT2D eigenvalue weighted by Gasteiger charge is -2.47. The van der Waals surface area contributed by atoms with Crippen LogP contribution in [-0.4, -0.2) is 68.2 Å². The number of nitrogens with zero attached hydrogens (tertiary/aromatic N) is 1. The van der Waals surface area contributed by atoms with Gasteiger partial charge in [-0.1, -0.05) is 140 Å². The van der Waals surface area contributed by atoms with Gasteiger partial charge in [0.05, 0.1) is 39.0 Å². The number of hydrogen-bond donors (Lipinski definition) is 2. The maximum Gasteiger partial charge on any atom is 0.180 e. The van der Waals surface area contributed by atoms with Crippen LogP contribution in [-0.2, 0) is 25.2 Å². The number of benzene rings is 5. The van der Waals surface area contributed by atoms with Crippen LogP contribution in [0, 0.1) is 5.92 Å². The van der Waals surface area contributed by atoms with Crippen LogP contribution in [0.4, 0.5) is 0 Å². The SMILES string of the molecule is O=S(=O)(C[C@H](O)C1CCCC1)c1ccccc1.O=S(=O)(C[C@H](O)[C@H]1CCCN1C(c1ccccc1)(c1ccccc1)c1ccccc1)c1ccccc1. The molecule has 1 aliphatic carbocycles. The zero-order valence-corrected chi connectivity index (χ0v) is 31.5. The molecule has 0 unspecified atom stereocenters. The van der Waals surface area contributed by atoms with Crippen molar-refractivity contribution in [2.45, 2.75) is 72.1 Å². The highest BCUT2D eigenvalue weighted by molar-refractivity contribution is 7.91. The van der Waals surface area contributed by atoms with Gasteiger partial charge in [-0.05, 0) is 72.6 Å². The average molecular weight is 752 g/mol. The molecule has 5 aromatic rings. The van der Waals surface area contributed by atoms with Crippen LogP contribution in [0.1, 0.15) is 55.2 Å². The zero-order chi connectivity index (χ0) is 37.3. The van der Waals surface area contributed by atoms with Crippen LogP contribution in [0.2, 0.25) is 0 Å². The largest absolute Gasteiger partial charge is 0.392 e. The fourth-order valence-corrected chi connectivity index (χ4v) is 11.1. The van der Waals surface area contributed by atoms with Crippen LogP contribution in [0.3, 0.4) is 0 Å². The van der Waals surface area contributed by atoms with Crippen molar-refractivity contribution >= 4 is 19.7 Å². The summed E-state index contributed by atoms with van der Waals surface area (Å²) in [7, 11) is -6.98. The molecule has 0 spiro atoms. The molecule has 1 aliphatic heterocycles. The fourth-order valence-electron chi connectivity index (χ4n) is 8.13. The van der Waals surface area contributed by atoms with E-state index in [0.29, 0.717) is 4.90 Å².